The summed E-state index contributed by atoms with van der Waals surface area (Å²) in [6.45, 7) is 13.9. The van der Waals surface area contributed by atoms with Gasteiger partial charge in [0.2, 0.25) is 5.43 Å². The lowest BCUT2D eigenvalue weighted by atomic mass is 10.1. The third kappa shape index (κ3) is 9.17. The van der Waals surface area contributed by atoms with Gasteiger partial charge in [0.25, 0.3) is 5.91 Å². The van der Waals surface area contributed by atoms with Crippen LogP contribution in [-0.2, 0) is 0 Å². The lowest BCUT2D eigenvalue weighted by Gasteiger charge is -2.50. The van der Waals surface area contributed by atoms with Crippen LogP contribution in [0, 0.1) is 11.6 Å². The number of anilines is 1. The predicted octanol–water partition coefficient (Wildman–Crippen LogP) is 4.20. The molecule has 274 valence electrons. The molecule has 3 aliphatic rings. The number of piperazine rings is 3. The van der Waals surface area contributed by atoms with E-state index in [1.54, 1.807) is 23.6 Å². The van der Waals surface area contributed by atoms with E-state index >= 15 is 0 Å². The van der Waals surface area contributed by atoms with E-state index in [9.17, 15) is 18.4 Å². The summed E-state index contributed by atoms with van der Waals surface area (Å²) in [5.41, 5.74) is 0.684. The molecule has 3 fully saturated rings. The molecule has 0 spiro atoms. The molecule has 7 rings (SSSR count). The number of fused-ring (bicyclic) bond motifs is 4. The number of hydrogen-bond acceptors (Lipinski definition) is 5. The summed E-state index contributed by atoms with van der Waals surface area (Å²) in [4.78, 5) is 31.6. The summed E-state index contributed by atoms with van der Waals surface area (Å²) in [5, 5.41) is 0.323. The zero-order valence-electron chi connectivity index (χ0n) is 29.7. The van der Waals surface area contributed by atoms with Gasteiger partial charge in [0.1, 0.15) is 28.7 Å². The highest BCUT2D eigenvalue weighted by atomic mass is 79.9. The number of halogens is 3. The number of hydrogen-bond donors (Lipinski definition) is 0. The average molecular weight is 768 g/mol. The summed E-state index contributed by atoms with van der Waals surface area (Å²) in [6, 6.07) is 15.6. The van der Waals surface area contributed by atoms with Crippen molar-refractivity contribution in [3.63, 3.8) is 0 Å². The first kappa shape index (κ1) is 38.4. The zero-order chi connectivity index (χ0) is 35.1. The standard InChI is InChI=1S/C40H49F2N4O4.BrH/c1-3-44(33-25-30(41)24-31(42)26-33)40(48)37-29-45(32-12-11-13-34(27-32)49-4-2)38-28-35(14-15-36(38)39(37)47)50-23-10-8-6-5-7-9-19-46-20-16-43(17-21-46)18-22-46;/h11-15,24-29H,3-10,16-23H2,1-2H3;1H/q+1;/p-1. The topological polar surface area (TPSA) is 64.0 Å². The summed E-state index contributed by atoms with van der Waals surface area (Å²) in [7, 11) is 0. The quantitative estimate of drug-likeness (QED) is 0.127. The number of nitrogens with zero attached hydrogens (tertiary/aromatic N) is 4. The highest BCUT2D eigenvalue weighted by Gasteiger charge is 2.37. The van der Waals surface area contributed by atoms with E-state index in [4.69, 9.17) is 9.47 Å². The Hall–Kier alpha value is -3.80. The molecule has 1 aromatic heterocycles. The average Bonchev–Trinajstić information content (AvgIpc) is 3.12. The lowest BCUT2D eigenvalue weighted by molar-refractivity contribution is -0.941. The second-order valence-electron chi connectivity index (χ2n) is 13.6. The molecule has 0 unspecified atom stereocenters. The number of aromatic nitrogens is 1. The zero-order valence-corrected chi connectivity index (χ0v) is 31.3. The van der Waals surface area contributed by atoms with Gasteiger partial charge >= 0.3 is 0 Å². The summed E-state index contributed by atoms with van der Waals surface area (Å²) in [6.07, 6.45) is 8.59. The number of rotatable bonds is 16. The maximum absolute atomic E-state index is 14.1. The number of pyridine rings is 1. The number of unbranched alkanes of at least 4 members (excludes halogenated alkanes) is 5. The van der Waals surface area contributed by atoms with E-state index in [1.165, 1.54) is 87.1 Å². The Kier molecular flexibility index (Phi) is 13.3. The molecule has 0 atom stereocenters. The van der Waals surface area contributed by atoms with Gasteiger partial charge in [-0.05, 0) is 69.5 Å². The SMILES string of the molecule is CCOc1cccc(-n2cc(C(=O)N(CC)c3cc(F)cc(F)c3)c(=O)c3ccc(OCCCCCCCC[N+]45CCN(CC4)CC5)cc32)c1.[Br-]. The predicted molar refractivity (Wildman–Crippen MR) is 194 cm³/mol. The maximum Gasteiger partial charge on any atom is 0.263 e. The summed E-state index contributed by atoms with van der Waals surface area (Å²) < 4.78 is 43.2. The third-order valence-electron chi connectivity index (χ3n) is 10.3. The minimum atomic E-state index is -0.809. The second-order valence-corrected chi connectivity index (χ2v) is 13.6. The van der Waals surface area contributed by atoms with Crippen molar-refractivity contribution in [1.29, 1.82) is 0 Å². The van der Waals surface area contributed by atoms with Gasteiger partial charge in [-0.1, -0.05) is 25.3 Å². The summed E-state index contributed by atoms with van der Waals surface area (Å²) in [5.74, 6) is -1.00. The molecule has 3 saturated heterocycles. The lowest BCUT2D eigenvalue weighted by Crippen LogP contribution is -3.00. The van der Waals surface area contributed by atoms with Crippen molar-refractivity contribution < 1.29 is 44.5 Å². The van der Waals surface area contributed by atoms with Gasteiger partial charge < -0.3 is 40.4 Å². The Labute approximate surface area is 309 Å². The van der Waals surface area contributed by atoms with Crippen LogP contribution >= 0.6 is 0 Å². The largest absolute Gasteiger partial charge is 1.00 e. The van der Waals surface area contributed by atoms with Crippen LogP contribution in [-0.4, -0.2) is 85.4 Å². The van der Waals surface area contributed by atoms with Crippen molar-refractivity contribution in [2.75, 3.05) is 70.5 Å². The molecule has 2 bridgehead atoms. The van der Waals surface area contributed by atoms with Gasteiger partial charge in [0.05, 0.1) is 44.9 Å². The number of ether oxygens (including phenoxy) is 2. The monoisotopic (exact) mass is 766 g/mol. The van der Waals surface area contributed by atoms with Crippen LogP contribution in [0.1, 0.15) is 62.7 Å². The number of carbonyl (C=O) groups is 1. The molecule has 8 nitrogen and oxygen atoms in total. The first-order chi connectivity index (χ1) is 24.3. The van der Waals surface area contributed by atoms with Crippen molar-refractivity contribution >= 4 is 22.5 Å². The molecule has 4 heterocycles. The molecular formula is C40H49BrF2N4O4. The Bertz CT molecular complexity index is 1830. The van der Waals surface area contributed by atoms with Crippen LogP contribution in [0.15, 0.2) is 71.7 Å². The van der Waals surface area contributed by atoms with E-state index < -0.39 is 23.0 Å². The van der Waals surface area contributed by atoms with E-state index in [1.807, 2.05) is 37.3 Å². The van der Waals surface area contributed by atoms with Crippen LogP contribution in [0.3, 0.4) is 0 Å². The Morgan fingerprint density at radius 1 is 0.824 bits per heavy atom. The highest BCUT2D eigenvalue weighted by molar-refractivity contribution is 6.07. The number of quaternary nitrogens is 1. The highest BCUT2D eigenvalue weighted by Crippen LogP contribution is 2.27. The Balaban J connectivity index is 0.00000504. The molecule has 1 amide bonds. The van der Waals surface area contributed by atoms with Crippen LogP contribution in [0.25, 0.3) is 16.6 Å². The molecule has 51 heavy (non-hydrogen) atoms. The van der Waals surface area contributed by atoms with Gasteiger partial charge in [0.15, 0.2) is 0 Å². The summed E-state index contributed by atoms with van der Waals surface area (Å²) >= 11 is 0. The fourth-order valence-corrected chi connectivity index (χ4v) is 7.45. The second kappa shape index (κ2) is 17.6. The van der Waals surface area contributed by atoms with Gasteiger partial charge in [-0.3, -0.25) is 14.5 Å². The number of carbonyl (C=O) groups excluding carboxylic acids is 1. The molecule has 11 heteroatoms. The first-order valence-corrected chi connectivity index (χ1v) is 18.2. The molecule has 3 aliphatic heterocycles. The van der Waals surface area contributed by atoms with Crippen LogP contribution in [0.5, 0.6) is 11.5 Å². The van der Waals surface area contributed by atoms with Crippen LogP contribution in [0.2, 0.25) is 0 Å². The van der Waals surface area contributed by atoms with Crippen molar-refractivity contribution in [2.24, 2.45) is 0 Å². The normalized spacial score (nSPS) is 18.0. The molecule has 4 aromatic rings. The minimum Gasteiger partial charge on any atom is -1.00 e. The Morgan fingerprint density at radius 2 is 1.49 bits per heavy atom. The van der Waals surface area contributed by atoms with Crippen molar-refractivity contribution in [3.8, 4) is 17.2 Å². The number of benzene rings is 3. The van der Waals surface area contributed by atoms with Gasteiger partial charge in [0, 0.05) is 67.3 Å². The van der Waals surface area contributed by atoms with Gasteiger partial charge in [-0.25, -0.2) is 8.78 Å². The van der Waals surface area contributed by atoms with E-state index in [2.05, 4.69) is 4.90 Å². The van der Waals surface area contributed by atoms with Crippen molar-refractivity contribution in [1.82, 2.24) is 9.47 Å². The molecule has 0 saturated carbocycles. The van der Waals surface area contributed by atoms with Crippen molar-refractivity contribution in [2.45, 2.75) is 52.4 Å². The van der Waals surface area contributed by atoms with E-state index in [0.717, 1.165) is 31.0 Å². The van der Waals surface area contributed by atoms with E-state index in [-0.39, 0.29) is 34.8 Å². The fraction of sp³-hybridized carbons (Fsp3) is 0.450. The number of amides is 1. The first-order valence-electron chi connectivity index (χ1n) is 18.2. The van der Waals surface area contributed by atoms with Gasteiger partial charge in [-0.2, -0.15) is 0 Å². The molecule has 0 N–H and O–H groups in total. The van der Waals surface area contributed by atoms with E-state index in [0.29, 0.717) is 41.3 Å². The fourth-order valence-electron chi connectivity index (χ4n) is 7.45. The molecular weight excluding hydrogens is 718 g/mol. The molecule has 0 aliphatic carbocycles. The maximum atomic E-state index is 14.1. The Morgan fingerprint density at radius 3 is 2.18 bits per heavy atom. The van der Waals surface area contributed by atoms with Crippen LogP contribution in [0.4, 0.5) is 14.5 Å². The van der Waals surface area contributed by atoms with Crippen molar-refractivity contribution in [3.05, 3.63) is 94.3 Å². The molecule has 3 aromatic carbocycles. The third-order valence-corrected chi connectivity index (χ3v) is 10.3. The van der Waals surface area contributed by atoms with Gasteiger partial charge in [-0.15, -0.1) is 0 Å². The minimum absolute atomic E-state index is 0. The van der Waals surface area contributed by atoms with Crippen LogP contribution < -0.4 is 36.8 Å². The molecule has 0 radical (unpaired) electrons. The smallest absolute Gasteiger partial charge is 0.263 e.